The maximum absolute atomic E-state index is 12.6. The van der Waals surface area contributed by atoms with Crippen LogP contribution in [0.1, 0.15) is 11.1 Å². The van der Waals surface area contributed by atoms with Gasteiger partial charge in [-0.2, -0.15) is 0 Å². The quantitative estimate of drug-likeness (QED) is 0.459. The SMILES string of the molecule is COc1cc(CC(=O)N[C@@H](Cc2coc3ccccc23)B(O)O)cc(OC)c1OC. The number of rotatable bonds is 9. The fourth-order valence-electron chi connectivity index (χ4n) is 3.34. The van der Waals surface area contributed by atoms with E-state index in [-0.39, 0.29) is 18.7 Å². The topological polar surface area (TPSA) is 110 Å². The highest BCUT2D eigenvalue weighted by Gasteiger charge is 2.27. The molecule has 1 aromatic heterocycles. The minimum absolute atomic E-state index is 0.00787. The molecule has 1 atom stereocenters. The lowest BCUT2D eigenvalue weighted by molar-refractivity contribution is -0.120. The van der Waals surface area contributed by atoms with E-state index in [2.05, 4.69) is 5.32 Å². The number of para-hydroxylation sites is 1. The molecule has 0 fully saturated rings. The van der Waals surface area contributed by atoms with E-state index in [0.717, 1.165) is 10.9 Å². The number of carbonyl (C=O) groups is 1. The first kappa shape index (κ1) is 21.5. The van der Waals surface area contributed by atoms with Crippen molar-refractivity contribution in [1.29, 1.82) is 0 Å². The molecule has 0 radical (unpaired) electrons. The third-order valence-electron chi connectivity index (χ3n) is 4.80. The second-order valence-corrected chi connectivity index (χ2v) is 6.76. The van der Waals surface area contributed by atoms with Gasteiger partial charge in [-0.25, -0.2) is 0 Å². The van der Waals surface area contributed by atoms with Gasteiger partial charge in [0.25, 0.3) is 0 Å². The number of fused-ring (bicyclic) bond motifs is 1. The highest BCUT2D eigenvalue weighted by Crippen LogP contribution is 2.38. The Morgan fingerprint density at radius 3 is 2.37 bits per heavy atom. The first-order valence-electron chi connectivity index (χ1n) is 9.36. The molecule has 1 heterocycles. The summed E-state index contributed by atoms with van der Waals surface area (Å²) in [6, 6.07) is 10.8. The summed E-state index contributed by atoms with van der Waals surface area (Å²) in [5, 5.41) is 23.1. The molecule has 3 aromatic rings. The van der Waals surface area contributed by atoms with E-state index >= 15 is 0 Å². The van der Waals surface area contributed by atoms with E-state index in [0.29, 0.717) is 28.4 Å². The number of benzene rings is 2. The zero-order chi connectivity index (χ0) is 21.7. The van der Waals surface area contributed by atoms with E-state index in [1.54, 1.807) is 18.4 Å². The molecule has 0 saturated heterocycles. The standard InChI is InChI=1S/C21H24BNO7/c1-27-17-8-13(9-18(28-2)21(17)29-3)10-20(24)23-19(22(25)26)11-14-12-30-16-7-5-4-6-15(14)16/h4-9,12,19,25-26H,10-11H2,1-3H3,(H,23,24)/t19-/m0/s1. The van der Waals surface area contributed by atoms with Crippen molar-refractivity contribution >= 4 is 24.0 Å². The number of nitrogens with one attached hydrogen (secondary N) is 1. The first-order chi connectivity index (χ1) is 14.5. The molecule has 30 heavy (non-hydrogen) atoms. The minimum atomic E-state index is -1.73. The normalized spacial score (nSPS) is 11.8. The smallest absolute Gasteiger partial charge is 0.475 e. The molecular formula is C21H24BNO7. The summed E-state index contributed by atoms with van der Waals surface area (Å²) >= 11 is 0. The van der Waals surface area contributed by atoms with Crippen LogP contribution in [0, 0.1) is 0 Å². The molecule has 0 aliphatic carbocycles. The monoisotopic (exact) mass is 413 g/mol. The van der Waals surface area contributed by atoms with E-state index in [1.807, 2.05) is 24.3 Å². The van der Waals surface area contributed by atoms with Crippen LogP contribution in [-0.4, -0.2) is 50.3 Å². The van der Waals surface area contributed by atoms with E-state index in [4.69, 9.17) is 18.6 Å². The van der Waals surface area contributed by atoms with Crippen molar-refractivity contribution in [2.24, 2.45) is 0 Å². The Morgan fingerprint density at radius 2 is 1.77 bits per heavy atom. The molecular weight excluding hydrogens is 389 g/mol. The van der Waals surface area contributed by atoms with Crippen LogP contribution in [-0.2, 0) is 17.6 Å². The molecule has 2 aromatic carbocycles. The average molecular weight is 413 g/mol. The molecule has 0 bridgehead atoms. The zero-order valence-corrected chi connectivity index (χ0v) is 17.0. The van der Waals surface area contributed by atoms with Crippen LogP contribution < -0.4 is 19.5 Å². The highest BCUT2D eigenvalue weighted by atomic mass is 16.5. The van der Waals surface area contributed by atoms with Gasteiger partial charge in [0.05, 0.1) is 40.0 Å². The summed E-state index contributed by atoms with van der Waals surface area (Å²) in [6.45, 7) is 0. The third kappa shape index (κ3) is 4.69. The van der Waals surface area contributed by atoms with Crippen LogP contribution in [0.5, 0.6) is 17.2 Å². The molecule has 0 saturated carbocycles. The number of furan rings is 1. The molecule has 0 spiro atoms. The fraction of sp³-hybridized carbons (Fsp3) is 0.286. The van der Waals surface area contributed by atoms with Crippen molar-refractivity contribution in [2.45, 2.75) is 18.8 Å². The summed E-state index contributed by atoms with van der Waals surface area (Å²) in [7, 11) is 2.75. The first-order valence-corrected chi connectivity index (χ1v) is 9.36. The highest BCUT2D eigenvalue weighted by molar-refractivity contribution is 6.43. The van der Waals surface area contributed by atoms with Gasteiger partial charge in [0, 0.05) is 5.39 Å². The van der Waals surface area contributed by atoms with Crippen LogP contribution in [0.2, 0.25) is 0 Å². The number of methoxy groups -OCH3 is 3. The summed E-state index contributed by atoms with van der Waals surface area (Å²) in [6.07, 6.45) is 1.76. The van der Waals surface area contributed by atoms with Gasteiger partial charge < -0.3 is 34.0 Å². The molecule has 1 amide bonds. The second kappa shape index (κ2) is 9.56. The van der Waals surface area contributed by atoms with Gasteiger partial charge in [-0.3, -0.25) is 4.79 Å². The van der Waals surface area contributed by atoms with Crippen molar-refractivity contribution in [3.8, 4) is 17.2 Å². The largest absolute Gasteiger partial charge is 0.493 e. The maximum atomic E-state index is 12.6. The predicted molar refractivity (Wildman–Crippen MR) is 112 cm³/mol. The van der Waals surface area contributed by atoms with E-state index < -0.39 is 13.1 Å². The molecule has 0 unspecified atom stereocenters. The van der Waals surface area contributed by atoms with Gasteiger partial charge in [-0.15, -0.1) is 0 Å². The Hall–Kier alpha value is -3.17. The van der Waals surface area contributed by atoms with Gasteiger partial charge >= 0.3 is 7.12 Å². The summed E-state index contributed by atoms with van der Waals surface area (Å²) < 4.78 is 21.4. The maximum Gasteiger partial charge on any atom is 0.475 e. The van der Waals surface area contributed by atoms with Crippen molar-refractivity contribution in [2.75, 3.05) is 21.3 Å². The molecule has 3 N–H and O–H groups in total. The molecule has 0 aliphatic heterocycles. The van der Waals surface area contributed by atoms with Crippen LogP contribution in [0.25, 0.3) is 11.0 Å². The van der Waals surface area contributed by atoms with Crippen LogP contribution in [0.3, 0.4) is 0 Å². The number of hydrogen-bond donors (Lipinski definition) is 3. The average Bonchev–Trinajstić information content (AvgIpc) is 3.15. The lowest BCUT2D eigenvalue weighted by atomic mass is 9.75. The molecule has 9 heteroatoms. The minimum Gasteiger partial charge on any atom is -0.493 e. The van der Waals surface area contributed by atoms with Gasteiger partial charge in [-0.05, 0) is 35.7 Å². The van der Waals surface area contributed by atoms with E-state index in [1.165, 1.54) is 21.3 Å². The van der Waals surface area contributed by atoms with Crippen LogP contribution in [0.4, 0.5) is 0 Å². The number of hydrogen-bond acceptors (Lipinski definition) is 7. The van der Waals surface area contributed by atoms with Crippen molar-refractivity contribution in [3.05, 3.63) is 53.8 Å². The Bertz CT molecular complexity index is 993. The van der Waals surface area contributed by atoms with Crippen molar-refractivity contribution in [1.82, 2.24) is 5.32 Å². The number of amides is 1. The number of carbonyl (C=O) groups excluding carboxylic acids is 1. The Labute approximate surface area is 174 Å². The lowest BCUT2D eigenvalue weighted by Crippen LogP contribution is -2.48. The predicted octanol–water partition coefficient (Wildman–Crippen LogP) is 1.74. The van der Waals surface area contributed by atoms with Gasteiger partial charge in [-0.1, -0.05) is 18.2 Å². The molecule has 3 rings (SSSR count). The van der Waals surface area contributed by atoms with Crippen LogP contribution >= 0.6 is 0 Å². The number of ether oxygens (including phenoxy) is 3. The summed E-state index contributed by atoms with van der Waals surface area (Å²) in [4.78, 5) is 12.6. The Kier molecular flexibility index (Phi) is 6.86. The van der Waals surface area contributed by atoms with Crippen LogP contribution in [0.15, 0.2) is 47.1 Å². The zero-order valence-electron chi connectivity index (χ0n) is 17.0. The summed E-state index contributed by atoms with van der Waals surface area (Å²) in [5.41, 5.74) is 2.10. The van der Waals surface area contributed by atoms with Gasteiger partial charge in [0.2, 0.25) is 11.7 Å². The second-order valence-electron chi connectivity index (χ2n) is 6.76. The Morgan fingerprint density at radius 1 is 1.10 bits per heavy atom. The molecule has 8 nitrogen and oxygen atoms in total. The Balaban J connectivity index is 1.74. The molecule has 0 aliphatic rings. The van der Waals surface area contributed by atoms with Gasteiger partial charge in [0.15, 0.2) is 11.5 Å². The molecule has 158 valence electrons. The van der Waals surface area contributed by atoms with Gasteiger partial charge in [0.1, 0.15) is 5.58 Å². The third-order valence-corrected chi connectivity index (χ3v) is 4.80. The lowest BCUT2D eigenvalue weighted by Gasteiger charge is -2.18. The van der Waals surface area contributed by atoms with E-state index in [9.17, 15) is 14.8 Å². The van der Waals surface area contributed by atoms with Crippen molar-refractivity contribution < 1.29 is 33.5 Å². The van der Waals surface area contributed by atoms with Crippen molar-refractivity contribution in [3.63, 3.8) is 0 Å². The summed E-state index contributed by atoms with van der Waals surface area (Å²) in [5.74, 6) is 0.0156. The fourth-order valence-corrected chi connectivity index (χ4v) is 3.34.